The lowest BCUT2D eigenvalue weighted by Gasteiger charge is -2.34. The number of amides is 1. The predicted octanol–water partition coefficient (Wildman–Crippen LogP) is 2.62. The molecular formula is C19H25N3O2. The molecule has 0 radical (unpaired) electrons. The number of hydrogen-bond donors (Lipinski definition) is 1. The number of aliphatic hydroxyl groups is 1. The van der Waals surface area contributed by atoms with Crippen molar-refractivity contribution >= 4 is 5.91 Å². The van der Waals surface area contributed by atoms with E-state index in [0.717, 1.165) is 35.4 Å². The molecule has 2 aromatic rings. The molecule has 1 aromatic carbocycles. The van der Waals surface area contributed by atoms with Crippen LogP contribution >= 0.6 is 0 Å². The van der Waals surface area contributed by atoms with Gasteiger partial charge in [-0.1, -0.05) is 30.3 Å². The van der Waals surface area contributed by atoms with E-state index in [1.165, 1.54) is 0 Å². The molecule has 1 unspecified atom stereocenters. The van der Waals surface area contributed by atoms with Crippen molar-refractivity contribution in [1.82, 2.24) is 14.7 Å². The van der Waals surface area contributed by atoms with E-state index in [9.17, 15) is 9.90 Å². The van der Waals surface area contributed by atoms with E-state index in [-0.39, 0.29) is 11.8 Å². The number of carbonyl (C=O) groups excluding carboxylic acids is 1. The molecule has 0 spiro atoms. The van der Waals surface area contributed by atoms with Gasteiger partial charge in [-0.05, 0) is 38.2 Å². The maximum absolute atomic E-state index is 12.8. The molecule has 1 aromatic heterocycles. The Morgan fingerprint density at radius 3 is 2.38 bits per heavy atom. The number of nitrogens with zero attached hydrogens (tertiary/aromatic N) is 3. The highest BCUT2D eigenvalue weighted by Gasteiger charge is 2.30. The van der Waals surface area contributed by atoms with Crippen LogP contribution in [0.2, 0.25) is 0 Å². The zero-order chi connectivity index (χ0) is 17.3. The number of carbonyl (C=O) groups is 1. The molecule has 128 valence electrons. The van der Waals surface area contributed by atoms with Crippen LogP contribution in [0.25, 0.3) is 0 Å². The van der Waals surface area contributed by atoms with Crippen LogP contribution in [0.5, 0.6) is 0 Å². The number of piperidine rings is 1. The van der Waals surface area contributed by atoms with E-state index in [1.54, 1.807) is 4.68 Å². The number of aryl methyl sites for hydroxylation is 2. The van der Waals surface area contributed by atoms with Crippen LogP contribution in [0.3, 0.4) is 0 Å². The van der Waals surface area contributed by atoms with Gasteiger partial charge in [0.1, 0.15) is 0 Å². The first-order valence-electron chi connectivity index (χ1n) is 8.51. The third-order valence-corrected chi connectivity index (χ3v) is 5.14. The molecule has 1 N–H and O–H groups in total. The van der Waals surface area contributed by atoms with Crippen molar-refractivity contribution in [2.45, 2.75) is 32.8 Å². The third kappa shape index (κ3) is 3.08. The van der Waals surface area contributed by atoms with Crippen LogP contribution in [-0.2, 0) is 7.05 Å². The fourth-order valence-corrected chi connectivity index (χ4v) is 3.58. The van der Waals surface area contributed by atoms with Gasteiger partial charge in [0.05, 0.1) is 17.4 Å². The van der Waals surface area contributed by atoms with E-state index in [0.29, 0.717) is 13.1 Å². The molecule has 1 amide bonds. The topological polar surface area (TPSA) is 58.4 Å². The minimum absolute atomic E-state index is 0.0609. The van der Waals surface area contributed by atoms with Gasteiger partial charge in [0.15, 0.2) is 0 Å². The van der Waals surface area contributed by atoms with Crippen molar-refractivity contribution in [3.63, 3.8) is 0 Å². The summed E-state index contributed by atoms with van der Waals surface area (Å²) in [4.78, 5) is 14.7. The molecule has 1 atom stereocenters. The van der Waals surface area contributed by atoms with E-state index in [1.807, 2.05) is 56.1 Å². The first-order valence-corrected chi connectivity index (χ1v) is 8.51. The lowest BCUT2D eigenvalue weighted by atomic mass is 9.87. The van der Waals surface area contributed by atoms with Gasteiger partial charge in [-0.3, -0.25) is 9.48 Å². The van der Waals surface area contributed by atoms with E-state index >= 15 is 0 Å². The Morgan fingerprint density at radius 2 is 1.83 bits per heavy atom. The highest BCUT2D eigenvalue weighted by molar-refractivity contribution is 5.96. The number of aromatic nitrogens is 2. The molecular weight excluding hydrogens is 302 g/mol. The number of rotatable bonds is 3. The Balaban J connectivity index is 1.66. The van der Waals surface area contributed by atoms with E-state index < -0.39 is 6.10 Å². The quantitative estimate of drug-likeness (QED) is 0.943. The minimum Gasteiger partial charge on any atom is -0.388 e. The number of benzene rings is 1. The molecule has 0 bridgehead atoms. The summed E-state index contributed by atoms with van der Waals surface area (Å²) in [6.07, 6.45) is 1.19. The van der Waals surface area contributed by atoms with Crippen LogP contribution in [-0.4, -0.2) is 38.8 Å². The van der Waals surface area contributed by atoms with Gasteiger partial charge < -0.3 is 10.0 Å². The van der Waals surface area contributed by atoms with Gasteiger partial charge in [-0.15, -0.1) is 0 Å². The van der Waals surface area contributed by atoms with Crippen molar-refractivity contribution in [2.75, 3.05) is 13.1 Å². The smallest absolute Gasteiger partial charge is 0.257 e. The van der Waals surface area contributed by atoms with Crippen molar-refractivity contribution in [1.29, 1.82) is 0 Å². The molecule has 1 aliphatic rings. The van der Waals surface area contributed by atoms with Gasteiger partial charge >= 0.3 is 0 Å². The normalized spacial score (nSPS) is 17.1. The zero-order valence-electron chi connectivity index (χ0n) is 14.6. The van der Waals surface area contributed by atoms with Gasteiger partial charge in [0.25, 0.3) is 5.91 Å². The summed E-state index contributed by atoms with van der Waals surface area (Å²) in [6.45, 7) is 5.17. The molecule has 5 nitrogen and oxygen atoms in total. The fraction of sp³-hybridized carbons (Fsp3) is 0.474. The molecule has 1 fully saturated rings. The summed E-state index contributed by atoms with van der Waals surface area (Å²) in [7, 11) is 1.86. The average molecular weight is 327 g/mol. The second-order valence-corrected chi connectivity index (χ2v) is 6.65. The number of aliphatic hydroxyl groups excluding tert-OH is 1. The maximum atomic E-state index is 12.8. The third-order valence-electron chi connectivity index (χ3n) is 5.14. The largest absolute Gasteiger partial charge is 0.388 e. The lowest BCUT2D eigenvalue weighted by molar-refractivity contribution is 0.0461. The number of likely N-dealkylation sites (tertiary alicyclic amines) is 1. The molecule has 1 aliphatic heterocycles. The number of hydrogen-bond acceptors (Lipinski definition) is 3. The second kappa shape index (κ2) is 6.77. The SMILES string of the molecule is Cc1nn(C)c(C)c1C(=O)N1CCC(C(O)c2ccccc2)CC1. The van der Waals surface area contributed by atoms with Crippen LogP contribution in [0.1, 0.15) is 46.3 Å². The molecule has 3 rings (SSSR count). The Kier molecular flexibility index (Phi) is 4.71. The Labute approximate surface area is 142 Å². The summed E-state index contributed by atoms with van der Waals surface area (Å²) >= 11 is 0. The summed E-state index contributed by atoms with van der Waals surface area (Å²) < 4.78 is 1.76. The van der Waals surface area contributed by atoms with Crippen LogP contribution in [0, 0.1) is 19.8 Å². The molecule has 5 heteroatoms. The summed E-state index contributed by atoms with van der Waals surface area (Å²) in [5, 5.41) is 14.9. The highest BCUT2D eigenvalue weighted by Crippen LogP contribution is 2.31. The van der Waals surface area contributed by atoms with Gasteiger partial charge in [0, 0.05) is 25.8 Å². The Morgan fingerprint density at radius 1 is 1.21 bits per heavy atom. The summed E-state index contributed by atoms with van der Waals surface area (Å²) in [5.74, 6) is 0.262. The van der Waals surface area contributed by atoms with Crippen molar-refractivity contribution in [3.8, 4) is 0 Å². The standard InChI is InChI=1S/C19H25N3O2/c1-13-17(14(2)21(3)20-13)19(24)22-11-9-16(10-12-22)18(23)15-7-5-4-6-8-15/h4-8,16,18,23H,9-12H2,1-3H3. The Hall–Kier alpha value is -2.14. The van der Waals surface area contributed by atoms with E-state index in [2.05, 4.69) is 5.10 Å². The van der Waals surface area contributed by atoms with Gasteiger partial charge in [0.2, 0.25) is 0 Å². The zero-order valence-corrected chi connectivity index (χ0v) is 14.6. The van der Waals surface area contributed by atoms with Crippen LogP contribution in [0.15, 0.2) is 30.3 Å². The van der Waals surface area contributed by atoms with Crippen molar-refractivity contribution < 1.29 is 9.90 Å². The van der Waals surface area contributed by atoms with Gasteiger partial charge in [-0.25, -0.2) is 0 Å². The summed E-state index contributed by atoms with van der Waals surface area (Å²) in [6, 6.07) is 9.78. The predicted molar refractivity (Wildman–Crippen MR) is 92.7 cm³/mol. The first kappa shape index (κ1) is 16.7. The second-order valence-electron chi connectivity index (χ2n) is 6.65. The van der Waals surface area contributed by atoms with Crippen LogP contribution < -0.4 is 0 Å². The van der Waals surface area contributed by atoms with Crippen LogP contribution in [0.4, 0.5) is 0 Å². The van der Waals surface area contributed by atoms with Crippen molar-refractivity contribution in [3.05, 3.63) is 52.8 Å². The van der Waals surface area contributed by atoms with Crippen molar-refractivity contribution in [2.24, 2.45) is 13.0 Å². The molecule has 24 heavy (non-hydrogen) atoms. The monoisotopic (exact) mass is 327 g/mol. The molecule has 1 saturated heterocycles. The average Bonchev–Trinajstić information content (AvgIpc) is 2.87. The van der Waals surface area contributed by atoms with Gasteiger partial charge in [-0.2, -0.15) is 5.10 Å². The first-order chi connectivity index (χ1) is 11.5. The van der Waals surface area contributed by atoms with E-state index in [4.69, 9.17) is 0 Å². The highest BCUT2D eigenvalue weighted by atomic mass is 16.3. The fourth-order valence-electron chi connectivity index (χ4n) is 3.58. The lowest BCUT2D eigenvalue weighted by Crippen LogP contribution is -2.40. The molecule has 0 aliphatic carbocycles. The minimum atomic E-state index is -0.453. The Bertz CT molecular complexity index is 716. The summed E-state index contributed by atoms with van der Waals surface area (Å²) in [5.41, 5.74) is 3.37. The molecule has 0 saturated carbocycles. The maximum Gasteiger partial charge on any atom is 0.257 e. The molecule has 2 heterocycles.